The van der Waals surface area contributed by atoms with Crippen molar-refractivity contribution < 1.29 is 27.9 Å². The number of rotatable bonds is 4. The predicted octanol–water partition coefficient (Wildman–Crippen LogP) is 2.81. The Morgan fingerprint density at radius 1 is 1.39 bits per heavy atom. The number of ketones is 1. The molecule has 2 aromatic heterocycles. The lowest BCUT2D eigenvalue weighted by Gasteiger charge is -2.29. The van der Waals surface area contributed by atoms with Gasteiger partial charge in [-0.3, -0.25) is 9.59 Å². The summed E-state index contributed by atoms with van der Waals surface area (Å²) in [5, 5.41) is 12.6. The first-order valence-electron chi connectivity index (χ1n) is 8.42. The van der Waals surface area contributed by atoms with Gasteiger partial charge in [0.15, 0.2) is 16.7 Å². The molecule has 0 fully saturated rings. The molecule has 0 bridgehead atoms. The Balaban J connectivity index is 1.82. The molecule has 2 N–H and O–H groups in total. The monoisotopic (exact) mass is 416 g/mol. The average Bonchev–Trinajstić information content (AvgIpc) is 3.10. The van der Waals surface area contributed by atoms with E-state index in [9.17, 15) is 27.9 Å². The molecule has 7 nitrogen and oxygen atoms in total. The molecule has 1 unspecified atom stereocenters. The fourth-order valence-electron chi connectivity index (χ4n) is 3.24. The SMILES string of the molecule is Cn1ccnc1C(O)(CC(=O)Nc1nc2c(s1)C(=O)CC(C)(C)C2)C(F)(F)F. The first-order chi connectivity index (χ1) is 12.8. The van der Waals surface area contributed by atoms with E-state index in [-0.39, 0.29) is 16.3 Å². The quantitative estimate of drug-likeness (QED) is 0.799. The highest BCUT2D eigenvalue weighted by molar-refractivity contribution is 7.17. The van der Waals surface area contributed by atoms with Gasteiger partial charge in [-0.05, 0) is 11.8 Å². The number of nitrogens with zero attached hydrogens (tertiary/aromatic N) is 3. The summed E-state index contributed by atoms with van der Waals surface area (Å²) < 4.78 is 41.6. The van der Waals surface area contributed by atoms with E-state index >= 15 is 0 Å². The molecule has 1 atom stereocenters. The van der Waals surface area contributed by atoms with Gasteiger partial charge in [0.1, 0.15) is 0 Å². The number of alkyl halides is 3. The molecule has 0 saturated carbocycles. The molecular formula is C17H19F3N4O3S. The minimum absolute atomic E-state index is 0.0328. The molecule has 0 aromatic carbocycles. The lowest BCUT2D eigenvalue weighted by atomic mass is 9.78. The van der Waals surface area contributed by atoms with Crippen LogP contribution in [-0.2, 0) is 23.9 Å². The number of aromatic nitrogens is 3. The van der Waals surface area contributed by atoms with E-state index < -0.39 is 29.9 Å². The van der Waals surface area contributed by atoms with Crippen molar-refractivity contribution in [2.45, 2.75) is 44.9 Å². The molecule has 11 heteroatoms. The smallest absolute Gasteiger partial charge is 0.374 e. The van der Waals surface area contributed by atoms with E-state index in [1.54, 1.807) is 0 Å². The summed E-state index contributed by atoms with van der Waals surface area (Å²) in [6.07, 6.45) is -3.20. The van der Waals surface area contributed by atoms with Crippen LogP contribution >= 0.6 is 11.3 Å². The fraction of sp³-hybridized carbons (Fsp3) is 0.529. The van der Waals surface area contributed by atoms with Gasteiger partial charge in [-0.1, -0.05) is 25.2 Å². The number of thiazole rings is 1. The summed E-state index contributed by atoms with van der Waals surface area (Å²) in [7, 11) is 1.29. The van der Waals surface area contributed by atoms with Gasteiger partial charge in [0.25, 0.3) is 0 Å². The molecule has 0 saturated heterocycles. The molecular weight excluding hydrogens is 397 g/mol. The van der Waals surface area contributed by atoms with Gasteiger partial charge in [0, 0.05) is 25.9 Å². The fourth-order valence-corrected chi connectivity index (χ4v) is 4.18. The van der Waals surface area contributed by atoms with Gasteiger partial charge in [0.2, 0.25) is 11.5 Å². The van der Waals surface area contributed by atoms with Crippen molar-refractivity contribution in [2.24, 2.45) is 12.5 Å². The maximum absolute atomic E-state index is 13.5. The van der Waals surface area contributed by atoms with Crippen LogP contribution in [-0.4, -0.2) is 37.5 Å². The Bertz CT molecular complexity index is 934. The minimum atomic E-state index is -5.12. The zero-order valence-electron chi connectivity index (χ0n) is 15.4. The third-order valence-electron chi connectivity index (χ3n) is 4.56. The van der Waals surface area contributed by atoms with Gasteiger partial charge < -0.3 is 15.0 Å². The molecule has 152 valence electrons. The predicted molar refractivity (Wildman–Crippen MR) is 95.0 cm³/mol. The lowest BCUT2D eigenvalue weighted by Crippen LogP contribution is -2.46. The molecule has 1 amide bonds. The van der Waals surface area contributed by atoms with E-state index in [0.29, 0.717) is 23.4 Å². The zero-order valence-corrected chi connectivity index (χ0v) is 16.2. The van der Waals surface area contributed by atoms with Gasteiger partial charge >= 0.3 is 6.18 Å². The number of aliphatic hydroxyl groups is 1. The number of halogens is 3. The van der Waals surface area contributed by atoms with Gasteiger partial charge in [-0.25, -0.2) is 9.97 Å². The summed E-state index contributed by atoms with van der Waals surface area (Å²) in [5.41, 5.74) is -3.20. The van der Waals surface area contributed by atoms with Crippen LogP contribution in [0.15, 0.2) is 12.4 Å². The number of hydrogen-bond donors (Lipinski definition) is 2. The number of Topliss-reactive ketones (excluding diaryl/α,β-unsaturated/α-hetero) is 1. The standard InChI is InChI=1S/C17H19F3N4O3S/c1-15(2)6-9-12(10(25)7-15)28-14(22-9)23-11(26)8-16(27,17(18,19)20)13-21-4-5-24(13)3/h4-5,27H,6-8H2,1-3H3,(H,22,23,26). The van der Waals surface area contributed by atoms with Crippen molar-refractivity contribution in [3.05, 3.63) is 28.8 Å². The molecule has 0 radical (unpaired) electrons. The highest BCUT2D eigenvalue weighted by atomic mass is 32.1. The van der Waals surface area contributed by atoms with Crippen molar-refractivity contribution in [1.29, 1.82) is 0 Å². The van der Waals surface area contributed by atoms with Crippen molar-refractivity contribution in [1.82, 2.24) is 14.5 Å². The average molecular weight is 416 g/mol. The largest absolute Gasteiger partial charge is 0.425 e. The molecule has 0 spiro atoms. The van der Waals surface area contributed by atoms with E-state index in [1.807, 2.05) is 13.8 Å². The number of nitrogens with one attached hydrogen (secondary N) is 1. The number of aryl methyl sites for hydroxylation is 1. The number of carbonyl (C=O) groups excluding carboxylic acids is 2. The number of carbonyl (C=O) groups is 2. The molecule has 2 heterocycles. The summed E-state index contributed by atoms with van der Waals surface area (Å²) in [6, 6.07) is 0. The van der Waals surface area contributed by atoms with Crippen molar-refractivity contribution in [2.75, 3.05) is 5.32 Å². The van der Waals surface area contributed by atoms with Crippen LogP contribution in [0.1, 0.15) is 47.9 Å². The van der Waals surface area contributed by atoms with Crippen LogP contribution in [0.5, 0.6) is 0 Å². The van der Waals surface area contributed by atoms with Crippen molar-refractivity contribution in [3.8, 4) is 0 Å². The first-order valence-corrected chi connectivity index (χ1v) is 9.24. The summed E-state index contributed by atoms with van der Waals surface area (Å²) >= 11 is 0.930. The third-order valence-corrected chi connectivity index (χ3v) is 5.61. The highest BCUT2D eigenvalue weighted by Crippen LogP contribution is 2.42. The van der Waals surface area contributed by atoms with Crippen LogP contribution in [0, 0.1) is 5.41 Å². The number of amides is 1. The maximum Gasteiger partial charge on any atom is 0.425 e. The maximum atomic E-state index is 13.5. The normalized spacial score (nSPS) is 18.5. The van der Waals surface area contributed by atoms with Crippen LogP contribution in [0.4, 0.5) is 18.3 Å². The first kappa shape index (κ1) is 20.5. The highest BCUT2D eigenvalue weighted by Gasteiger charge is 2.58. The van der Waals surface area contributed by atoms with Crippen molar-refractivity contribution in [3.63, 3.8) is 0 Å². The molecule has 28 heavy (non-hydrogen) atoms. The molecule has 2 aromatic rings. The second kappa shape index (κ2) is 6.66. The topological polar surface area (TPSA) is 97.1 Å². The Hall–Kier alpha value is -2.27. The van der Waals surface area contributed by atoms with E-state index in [4.69, 9.17) is 0 Å². The Labute approximate surface area is 162 Å². The van der Waals surface area contributed by atoms with Gasteiger partial charge in [0.05, 0.1) is 17.0 Å². The summed E-state index contributed by atoms with van der Waals surface area (Å²) in [5.74, 6) is -1.88. The summed E-state index contributed by atoms with van der Waals surface area (Å²) in [4.78, 5) is 32.6. The molecule has 1 aliphatic rings. The van der Waals surface area contributed by atoms with Crippen LogP contribution < -0.4 is 5.32 Å². The Morgan fingerprint density at radius 2 is 2.07 bits per heavy atom. The Kier molecular flexibility index (Phi) is 4.87. The molecule has 0 aliphatic heterocycles. The third kappa shape index (κ3) is 3.68. The number of fused-ring (bicyclic) bond motifs is 1. The van der Waals surface area contributed by atoms with E-state index in [1.165, 1.54) is 13.2 Å². The van der Waals surface area contributed by atoms with Crippen LogP contribution in [0.2, 0.25) is 0 Å². The number of hydrogen-bond acceptors (Lipinski definition) is 6. The summed E-state index contributed by atoms with van der Waals surface area (Å²) in [6.45, 7) is 3.84. The molecule has 3 rings (SSSR count). The Morgan fingerprint density at radius 3 is 2.64 bits per heavy atom. The number of anilines is 1. The number of imidazole rings is 1. The lowest BCUT2D eigenvalue weighted by molar-refractivity contribution is -0.270. The zero-order chi connectivity index (χ0) is 20.9. The second-order valence-corrected chi connectivity index (χ2v) is 8.68. The van der Waals surface area contributed by atoms with Crippen molar-refractivity contribution >= 4 is 28.2 Å². The van der Waals surface area contributed by atoms with Crippen LogP contribution in [0.25, 0.3) is 0 Å². The van der Waals surface area contributed by atoms with E-state index in [0.717, 1.165) is 22.1 Å². The minimum Gasteiger partial charge on any atom is -0.374 e. The van der Waals surface area contributed by atoms with Crippen LogP contribution in [0.3, 0.4) is 0 Å². The second-order valence-electron chi connectivity index (χ2n) is 7.68. The van der Waals surface area contributed by atoms with E-state index in [2.05, 4.69) is 15.3 Å². The van der Waals surface area contributed by atoms with Gasteiger partial charge in [-0.2, -0.15) is 13.2 Å². The molecule has 1 aliphatic carbocycles. The van der Waals surface area contributed by atoms with Gasteiger partial charge in [-0.15, -0.1) is 0 Å².